The molecular weight excluding hydrogens is 250 g/mol. The maximum atomic E-state index is 12.4. The Balaban J connectivity index is 2.84. The first-order valence-electron chi connectivity index (χ1n) is 6.90. The van der Waals surface area contributed by atoms with Gasteiger partial charge in [-0.15, -0.1) is 0 Å². The zero-order valence-corrected chi connectivity index (χ0v) is 12.7. The third-order valence-corrected chi connectivity index (χ3v) is 3.68. The molecule has 0 aliphatic rings. The standard InChI is InChI=1S/C17H23NO2/c1-5-17(2,3)18(4)16(20)15-11-9-14(10-12-15)8-6-7-13-19/h9-12,19H,5,7,13H2,1-4H3. The minimum Gasteiger partial charge on any atom is -0.395 e. The van der Waals surface area contributed by atoms with Crippen molar-refractivity contribution < 1.29 is 9.90 Å². The minimum atomic E-state index is -0.156. The van der Waals surface area contributed by atoms with Gasteiger partial charge in [-0.1, -0.05) is 18.8 Å². The molecule has 0 saturated heterocycles. The fourth-order valence-corrected chi connectivity index (χ4v) is 1.62. The van der Waals surface area contributed by atoms with E-state index in [1.165, 1.54) is 0 Å². The fraction of sp³-hybridized carbons (Fsp3) is 0.471. The van der Waals surface area contributed by atoms with E-state index in [1.807, 2.05) is 19.2 Å². The number of hydrogen-bond donors (Lipinski definition) is 1. The molecule has 0 bridgehead atoms. The Morgan fingerprint density at radius 3 is 2.40 bits per heavy atom. The van der Waals surface area contributed by atoms with Crippen molar-refractivity contribution >= 4 is 5.91 Å². The van der Waals surface area contributed by atoms with Gasteiger partial charge >= 0.3 is 0 Å². The Labute approximate surface area is 121 Å². The van der Waals surface area contributed by atoms with Crippen molar-refractivity contribution in [2.45, 2.75) is 39.2 Å². The second kappa shape index (κ2) is 7.12. The molecule has 0 radical (unpaired) electrons. The molecule has 20 heavy (non-hydrogen) atoms. The van der Waals surface area contributed by atoms with Crippen molar-refractivity contribution in [3.63, 3.8) is 0 Å². The molecule has 0 fully saturated rings. The van der Waals surface area contributed by atoms with E-state index in [1.54, 1.807) is 17.0 Å². The van der Waals surface area contributed by atoms with Gasteiger partial charge in [0.2, 0.25) is 0 Å². The molecule has 0 atom stereocenters. The second-order valence-corrected chi connectivity index (χ2v) is 5.38. The molecule has 1 amide bonds. The first-order valence-corrected chi connectivity index (χ1v) is 6.90. The van der Waals surface area contributed by atoms with E-state index in [4.69, 9.17) is 5.11 Å². The summed E-state index contributed by atoms with van der Waals surface area (Å²) in [5.41, 5.74) is 1.37. The number of nitrogens with zero attached hydrogens (tertiary/aromatic N) is 1. The maximum Gasteiger partial charge on any atom is 0.254 e. The smallest absolute Gasteiger partial charge is 0.254 e. The number of benzene rings is 1. The summed E-state index contributed by atoms with van der Waals surface area (Å²) in [4.78, 5) is 14.2. The highest BCUT2D eigenvalue weighted by atomic mass is 16.2. The van der Waals surface area contributed by atoms with Crippen LogP contribution in [-0.2, 0) is 0 Å². The van der Waals surface area contributed by atoms with Crippen LogP contribution in [-0.4, -0.2) is 35.1 Å². The second-order valence-electron chi connectivity index (χ2n) is 5.38. The van der Waals surface area contributed by atoms with E-state index < -0.39 is 0 Å². The molecule has 0 aliphatic carbocycles. The lowest BCUT2D eigenvalue weighted by molar-refractivity contribution is 0.0620. The quantitative estimate of drug-likeness (QED) is 0.857. The number of rotatable bonds is 4. The van der Waals surface area contributed by atoms with Crippen molar-refractivity contribution in [2.75, 3.05) is 13.7 Å². The number of hydrogen-bond acceptors (Lipinski definition) is 2. The van der Waals surface area contributed by atoms with E-state index in [9.17, 15) is 4.79 Å². The topological polar surface area (TPSA) is 40.5 Å². The van der Waals surface area contributed by atoms with Gasteiger partial charge in [0.25, 0.3) is 5.91 Å². The maximum absolute atomic E-state index is 12.4. The number of aliphatic hydroxyl groups is 1. The molecule has 0 aromatic heterocycles. The highest BCUT2D eigenvalue weighted by Gasteiger charge is 2.26. The van der Waals surface area contributed by atoms with Gasteiger partial charge < -0.3 is 10.0 Å². The number of carbonyl (C=O) groups excluding carboxylic acids is 1. The SMILES string of the molecule is CCC(C)(C)N(C)C(=O)c1ccc(C#CCCO)cc1. The van der Waals surface area contributed by atoms with E-state index in [0.29, 0.717) is 12.0 Å². The number of aliphatic hydroxyl groups excluding tert-OH is 1. The van der Waals surface area contributed by atoms with E-state index in [0.717, 1.165) is 12.0 Å². The molecule has 1 N–H and O–H groups in total. The Kier molecular flexibility index (Phi) is 5.79. The molecule has 3 heteroatoms. The summed E-state index contributed by atoms with van der Waals surface area (Å²) >= 11 is 0. The summed E-state index contributed by atoms with van der Waals surface area (Å²) in [6, 6.07) is 7.27. The molecule has 0 heterocycles. The third-order valence-electron chi connectivity index (χ3n) is 3.68. The van der Waals surface area contributed by atoms with Gasteiger partial charge in [-0.05, 0) is 44.5 Å². The van der Waals surface area contributed by atoms with E-state index >= 15 is 0 Å². The zero-order chi connectivity index (χ0) is 15.2. The van der Waals surface area contributed by atoms with Gasteiger partial charge in [0.05, 0.1) is 6.61 Å². The van der Waals surface area contributed by atoms with Crippen LogP contribution in [0.2, 0.25) is 0 Å². The molecule has 0 unspecified atom stereocenters. The molecule has 3 nitrogen and oxygen atoms in total. The highest BCUT2D eigenvalue weighted by molar-refractivity contribution is 5.94. The summed E-state index contributed by atoms with van der Waals surface area (Å²) in [5.74, 6) is 5.83. The third kappa shape index (κ3) is 4.11. The molecule has 0 spiro atoms. The first kappa shape index (κ1) is 16.3. The molecule has 0 saturated carbocycles. The van der Waals surface area contributed by atoms with E-state index in [-0.39, 0.29) is 18.1 Å². The Hall–Kier alpha value is -1.79. The Morgan fingerprint density at radius 1 is 1.30 bits per heavy atom. The zero-order valence-electron chi connectivity index (χ0n) is 12.7. The van der Waals surface area contributed by atoms with Crippen molar-refractivity contribution in [1.29, 1.82) is 0 Å². The summed E-state index contributed by atoms with van der Waals surface area (Å²) in [6.45, 7) is 6.25. The molecule has 0 aliphatic heterocycles. The van der Waals surface area contributed by atoms with Crippen LogP contribution in [0.25, 0.3) is 0 Å². The minimum absolute atomic E-state index is 0.0201. The van der Waals surface area contributed by atoms with Crippen LogP contribution in [0, 0.1) is 11.8 Å². The van der Waals surface area contributed by atoms with Gasteiger partial charge in [0.1, 0.15) is 0 Å². The highest BCUT2D eigenvalue weighted by Crippen LogP contribution is 2.19. The summed E-state index contributed by atoms with van der Waals surface area (Å²) in [7, 11) is 1.83. The van der Waals surface area contributed by atoms with Crippen LogP contribution in [0.15, 0.2) is 24.3 Å². The van der Waals surface area contributed by atoms with Gasteiger partial charge in [-0.3, -0.25) is 4.79 Å². The molecule has 1 rings (SSSR count). The lowest BCUT2D eigenvalue weighted by Crippen LogP contribution is -2.44. The lowest BCUT2D eigenvalue weighted by Gasteiger charge is -2.34. The van der Waals surface area contributed by atoms with Gasteiger partial charge in [-0.2, -0.15) is 0 Å². The molecular formula is C17H23NO2. The average Bonchev–Trinajstić information content (AvgIpc) is 2.46. The Morgan fingerprint density at radius 2 is 1.90 bits per heavy atom. The monoisotopic (exact) mass is 273 g/mol. The van der Waals surface area contributed by atoms with Crippen molar-refractivity contribution in [3.8, 4) is 11.8 Å². The van der Waals surface area contributed by atoms with E-state index in [2.05, 4.69) is 32.6 Å². The van der Waals surface area contributed by atoms with Crippen LogP contribution >= 0.6 is 0 Å². The largest absolute Gasteiger partial charge is 0.395 e. The van der Waals surface area contributed by atoms with Crippen molar-refractivity contribution in [1.82, 2.24) is 4.90 Å². The molecule has 1 aromatic rings. The fourth-order valence-electron chi connectivity index (χ4n) is 1.62. The van der Waals surface area contributed by atoms with Gasteiger partial charge in [0.15, 0.2) is 0 Å². The van der Waals surface area contributed by atoms with Crippen LogP contribution in [0.1, 0.15) is 49.5 Å². The van der Waals surface area contributed by atoms with Gasteiger partial charge in [0, 0.05) is 30.1 Å². The predicted molar refractivity (Wildman–Crippen MR) is 81.5 cm³/mol. The normalized spacial score (nSPS) is 10.7. The van der Waals surface area contributed by atoms with Gasteiger partial charge in [-0.25, -0.2) is 0 Å². The summed E-state index contributed by atoms with van der Waals surface area (Å²) < 4.78 is 0. The average molecular weight is 273 g/mol. The molecule has 108 valence electrons. The van der Waals surface area contributed by atoms with Crippen molar-refractivity contribution in [2.24, 2.45) is 0 Å². The summed E-state index contributed by atoms with van der Waals surface area (Å²) in [6.07, 6.45) is 1.37. The Bertz CT molecular complexity index is 506. The molecule has 1 aromatic carbocycles. The first-order chi connectivity index (χ1) is 9.42. The lowest BCUT2D eigenvalue weighted by atomic mass is 9.98. The number of carbonyl (C=O) groups is 1. The van der Waals surface area contributed by atoms with Crippen LogP contribution < -0.4 is 0 Å². The van der Waals surface area contributed by atoms with Crippen LogP contribution in [0.4, 0.5) is 0 Å². The van der Waals surface area contributed by atoms with Crippen molar-refractivity contribution in [3.05, 3.63) is 35.4 Å². The van der Waals surface area contributed by atoms with Crippen LogP contribution in [0.3, 0.4) is 0 Å². The van der Waals surface area contributed by atoms with Crippen LogP contribution in [0.5, 0.6) is 0 Å². The number of amides is 1. The predicted octanol–water partition coefficient (Wildman–Crippen LogP) is 2.68. The summed E-state index contributed by atoms with van der Waals surface area (Å²) in [5, 5.41) is 8.67.